The number of nitrogens with zero attached hydrogens (tertiary/aromatic N) is 1. The molecular formula is C31H31NO8. The van der Waals surface area contributed by atoms with Crippen molar-refractivity contribution in [3.8, 4) is 11.5 Å². The summed E-state index contributed by atoms with van der Waals surface area (Å²) < 4.78 is 29.6. The number of ether oxygens (including phenoxy) is 5. The second-order valence-corrected chi connectivity index (χ2v) is 9.43. The van der Waals surface area contributed by atoms with Gasteiger partial charge in [0.25, 0.3) is 11.8 Å². The molecule has 0 unspecified atom stereocenters. The molecule has 208 valence electrons. The smallest absolute Gasteiger partial charge is 0.262 e. The van der Waals surface area contributed by atoms with Gasteiger partial charge in [-0.3, -0.25) is 14.5 Å². The van der Waals surface area contributed by atoms with E-state index in [4.69, 9.17) is 23.7 Å². The van der Waals surface area contributed by atoms with Gasteiger partial charge < -0.3 is 28.8 Å². The fraction of sp³-hybridized carbons (Fsp3) is 0.290. The normalized spacial score (nSPS) is 24.1. The van der Waals surface area contributed by atoms with Crippen LogP contribution in [-0.4, -0.2) is 72.8 Å². The van der Waals surface area contributed by atoms with Crippen LogP contribution >= 0.6 is 0 Å². The quantitative estimate of drug-likeness (QED) is 0.288. The second kappa shape index (κ2) is 12.4. The van der Waals surface area contributed by atoms with E-state index in [0.717, 1.165) is 10.5 Å². The molecule has 5 rings (SSSR count). The third-order valence-electron chi connectivity index (χ3n) is 6.88. The number of imide groups is 1. The maximum Gasteiger partial charge on any atom is 0.262 e. The van der Waals surface area contributed by atoms with Crippen LogP contribution in [0.3, 0.4) is 0 Å². The topological polar surface area (TPSA) is 104 Å². The zero-order valence-electron chi connectivity index (χ0n) is 22.1. The fourth-order valence-corrected chi connectivity index (χ4v) is 4.92. The Morgan fingerprint density at radius 2 is 1.55 bits per heavy atom. The molecule has 5 atom stereocenters. The van der Waals surface area contributed by atoms with Crippen LogP contribution in [0.15, 0.2) is 91.5 Å². The predicted molar refractivity (Wildman–Crippen MR) is 145 cm³/mol. The highest BCUT2D eigenvalue weighted by molar-refractivity contribution is 6.21. The first-order valence-corrected chi connectivity index (χ1v) is 13.0. The minimum Gasteiger partial charge on any atom is -0.497 e. The van der Waals surface area contributed by atoms with Crippen LogP contribution in [0.4, 0.5) is 0 Å². The van der Waals surface area contributed by atoms with Crippen LogP contribution < -0.4 is 9.47 Å². The molecule has 1 N–H and O–H groups in total. The maximum atomic E-state index is 13.5. The van der Waals surface area contributed by atoms with Crippen molar-refractivity contribution in [2.75, 3.05) is 20.3 Å². The van der Waals surface area contributed by atoms with Gasteiger partial charge in [0.15, 0.2) is 0 Å². The maximum absolute atomic E-state index is 13.5. The zero-order chi connectivity index (χ0) is 28.1. The second-order valence-electron chi connectivity index (χ2n) is 9.43. The Morgan fingerprint density at radius 3 is 2.17 bits per heavy atom. The number of methoxy groups -OCH3 is 1. The molecule has 1 saturated heterocycles. The number of aliphatic hydroxyl groups excluding tert-OH is 1. The summed E-state index contributed by atoms with van der Waals surface area (Å²) in [5.41, 5.74) is 1.49. The monoisotopic (exact) mass is 545 g/mol. The number of aliphatic hydroxyl groups is 1. The van der Waals surface area contributed by atoms with Crippen molar-refractivity contribution < 1.29 is 38.4 Å². The standard InChI is InChI=1S/C31H31NO8/c1-3-17-38-28-26(32-29(34)23-11-7-8-12-24(23)30(32)35)31(39-22-15-13-21(36-2)14-16-22)40-25(27(28)33)19-37-18-20-9-5-4-6-10-20/h3-16,25-28,31,33H,1,17-19H2,2H3/t25-,26-,27+,28+,31+/m0/s1. The highest BCUT2D eigenvalue weighted by Crippen LogP contribution is 2.35. The molecule has 0 aliphatic carbocycles. The summed E-state index contributed by atoms with van der Waals surface area (Å²) in [5, 5.41) is 11.4. The molecule has 9 heteroatoms. The molecule has 0 radical (unpaired) electrons. The van der Waals surface area contributed by atoms with E-state index in [1.807, 2.05) is 30.3 Å². The van der Waals surface area contributed by atoms with Crippen LogP contribution in [0.5, 0.6) is 11.5 Å². The number of hydrogen-bond acceptors (Lipinski definition) is 8. The largest absolute Gasteiger partial charge is 0.497 e. The molecule has 40 heavy (non-hydrogen) atoms. The number of rotatable bonds is 11. The third kappa shape index (κ3) is 5.64. The number of hydrogen-bond donors (Lipinski definition) is 1. The molecule has 0 spiro atoms. The van der Waals surface area contributed by atoms with Gasteiger partial charge >= 0.3 is 0 Å². The van der Waals surface area contributed by atoms with E-state index in [2.05, 4.69) is 6.58 Å². The lowest BCUT2D eigenvalue weighted by atomic mass is 9.95. The summed E-state index contributed by atoms with van der Waals surface area (Å²) >= 11 is 0. The van der Waals surface area contributed by atoms with Gasteiger partial charge in [-0.2, -0.15) is 0 Å². The van der Waals surface area contributed by atoms with Gasteiger partial charge in [-0.25, -0.2) is 0 Å². The van der Waals surface area contributed by atoms with Crippen molar-refractivity contribution in [3.63, 3.8) is 0 Å². The van der Waals surface area contributed by atoms with Crippen molar-refractivity contribution in [2.45, 2.75) is 37.3 Å². The molecule has 2 heterocycles. The van der Waals surface area contributed by atoms with Crippen LogP contribution in [0.1, 0.15) is 26.3 Å². The highest BCUT2D eigenvalue weighted by Gasteiger charge is 2.55. The molecule has 2 aliphatic heterocycles. The average Bonchev–Trinajstić information content (AvgIpc) is 3.24. The van der Waals surface area contributed by atoms with Crippen molar-refractivity contribution in [3.05, 3.63) is 108 Å². The van der Waals surface area contributed by atoms with Gasteiger partial charge in [0.2, 0.25) is 6.29 Å². The van der Waals surface area contributed by atoms with Gasteiger partial charge in [-0.1, -0.05) is 48.5 Å². The molecule has 1 fully saturated rings. The van der Waals surface area contributed by atoms with Gasteiger partial charge in [-0.15, -0.1) is 6.58 Å². The molecule has 9 nitrogen and oxygen atoms in total. The predicted octanol–water partition coefficient (Wildman–Crippen LogP) is 3.61. The molecule has 0 aromatic heterocycles. The van der Waals surface area contributed by atoms with E-state index >= 15 is 0 Å². The van der Waals surface area contributed by atoms with Crippen LogP contribution in [0, 0.1) is 0 Å². The first-order valence-electron chi connectivity index (χ1n) is 13.0. The molecule has 2 amide bonds. The Kier molecular flexibility index (Phi) is 8.57. The van der Waals surface area contributed by atoms with E-state index in [9.17, 15) is 14.7 Å². The first kappa shape index (κ1) is 27.5. The van der Waals surface area contributed by atoms with Gasteiger partial charge in [0.05, 0.1) is 38.1 Å². The summed E-state index contributed by atoms with van der Waals surface area (Å²) in [6.07, 6.45) is -2.84. The van der Waals surface area contributed by atoms with E-state index in [1.54, 1.807) is 55.6 Å². The lowest BCUT2D eigenvalue weighted by molar-refractivity contribution is -0.264. The van der Waals surface area contributed by atoms with Gasteiger partial charge in [-0.05, 0) is 42.0 Å². The lowest BCUT2D eigenvalue weighted by Crippen LogP contribution is -2.67. The van der Waals surface area contributed by atoms with Crippen LogP contribution in [-0.2, 0) is 20.8 Å². The Hall–Kier alpha value is -4.02. The number of fused-ring (bicyclic) bond motifs is 1. The summed E-state index contributed by atoms with van der Waals surface area (Å²) in [4.78, 5) is 28.1. The van der Waals surface area contributed by atoms with E-state index in [0.29, 0.717) is 18.1 Å². The number of amides is 2. The Labute approximate surface area is 232 Å². The van der Waals surface area contributed by atoms with E-state index in [1.165, 1.54) is 6.08 Å². The minimum absolute atomic E-state index is 0.0152. The van der Waals surface area contributed by atoms with Crippen molar-refractivity contribution >= 4 is 11.8 Å². The molecule has 3 aromatic carbocycles. The summed E-state index contributed by atoms with van der Waals surface area (Å²) in [5.74, 6) is 0.00487. The Balaban J connectivity index is 1.46. The van der Waals surface area contributed by atoms with Gasteiger partial charge in [0.1, 0.15) is 35.9 Å². The SMILES string of the molecule is C=CCO[C@H]1[C@H](O)[C@H](COCc2ccccc2)O[C@@H](Oc2ccc(OC)cc2)[C@H]1N1C(=O)c2ccccc2C1=O. The first-order chi connectivity index (χ1) is 19.5. The van der Waals surface area contributed by atoms with Crippen LogP contribution in [0.2, 0.25) is 0 Å². The molecule has 0 saturated carbocycles. The summed E-state index contributed by atoms with van der Waals surface area (Å²) in [7, 11) is 1.56. The third-order valence-corrected chi connectivity index (χ3v) is 6.88. The lowest BCUT2D eigenvalue weighted by Gasteiger charge is -2.46. The minimum atomic E-state index is -1.25. The van der Waals surface area contributed by atoms with Crippen molar-refractivity contribution in [1.29, 1.82) is 0 Å². The number of carbonyl (C=O) groups excluding carboxylic acids is 2. The Bertz CT molecular complexity index is 1290. The molecular weight excluding hydrogens is 514 g/mol. The van der Waals surface area contributed by atoms with E-state index in [-0.39, 0.29) is 24.3 Å². The van der Waals surface area contributed by atoms with E-state index < -0.39 is 42.5 Å². The summed E-state index contributed by atoms with van der Waals surface area (Å²) in [6, 6.07) is 21.9. The van der Waals surface area contributed by atoms with Crippen molar-refractivity contribution in [2.24, 2.45) is 0 Å². The average molecular weight is 546 g/mol. The Morgan fingerprint density at radius 1 is 0.925 bits per heavy atom. The fourth-order valence-electron chi connectivity index (χ4n) is 4.92. The molecule has 0 bridgehead atoms. The summed E-state index contributed by atoms with van der Waals surface area (Å²) in [6.45, 7) is 4.09. The van der Waals surface area contributed by atoms with Crippen LogP contribution in [0.25, 0.3) is 0 Å². The highest BCUT2D eigenvalue weighted by atomic mass is 16.7. The zero-order valence-corrected chi connectivity index (χ0v) is 22.1. The molecule has 2 aliphatic rings. The molecule has 3 aromatic rings. The number of benzene rings is 3. The van der Waals surface area contributed by atoms with Crippen molar-refractivity contribution in [1.82, 2.24) is 4.90 Å². The number of carbonyl (C=O) groups is 2. The van der Waals surface area contributed by atoms with Gasteiger partial charge in [0, 0.05) is 0 Å².